The molecule has 1 aromatic rings. The minimum absolute atomic E-state index is 0.611. The standard InChI is InChI=1S/C11H20N4S/c1-8-4-15(5-9(2)14(8)3)6-10-7-16-11(12)13-10/h7-9H,4-6H2,1-3H3,(H2,12,13). The van der Waals surface area contributed by atoms with E-state index >= 15 is 0 Å². The van der Waals surface area contributed by atoms with Crippen LogP contribution < -0.4 is 5.73 Å². The molecule has 0 amide bonds. The van der Waals surface area contributed by atoms with Crippen LogP contribution in [0, 0.1) is 0 Å². The normalized spacial score (nSPS) is 28.4. The number of aromatic nitrogens is 1. The van der Waals surface area contributed by atoms with E-state index in [1.807, 2.05) is 0 Å². The third-order valence-electron chi connectivity index (χ3n) is 3.39. The van der Waals surface area contributed by atoms with Crippen LogP contribution in [0.1, 0.15) is 19.5 Å². The molecule has 0 spiro atoms. The van der Waals surface area contributed by atoms with E-state index in [4.69, 9.17) is 5.73 Å². The number of likely N-dealkylation sites (N-methyl/N-ethyl adjacent to an activating group) is 1. The number of nitrogens with zero attached hydrogens (tertiary/aromatic N) is 3. The molecule has 16 heavy (non-hydrogen) atoms. The van der Waals surface area contributed by atoms with Crippen LogP contribution in [0.15, 0.2) is 5.38 Å². The third-order valence-corrected chi connectivity index (χ3v) is 4.11. The first-order valence-corrected chi connectivity index (χ1v) is 6.58. The Morgan fingerprint density at radius 2 is 2.06 bits per heavy atom. The summed E-state index contributed by atoms with van der Waals surface area (Å²) < 4.78 is 0. The zero-order valence-corrected chi connectivity index (χ0v) is 11.0. The molecule has 2 unspecified atom stereocenters. The molecule has 2 heterocycles. The van der Waals surface area contributed by atoms with Crippen molar-refractivity contribution in [3.63, 3.8) is 0 Å². The van der Waals surface area contributed by atoms with E-state index in [2.05, 4.69) is 41.1 Å². The molecule has 1 fully saturated rings. The van der Waals surface area contributed by atoms with Crippen LogP contribution in [-0.2, 0) is 6.54 Å². The fraction of sp³-hybridized carbons (Fsp3) is 0.727. The molecule has 90 valence electrons. The molecule has 2 atom stereocenters. The van der Waals surface area contributed by atoms with Crippen molar-refractivity contribution in [2.24, 2.45) is 0 Å². The highest BCUT2D eigenvalue weighted by molar-refractivity contribution is 7.13. The number of hydrogen-bond donors (Lipinski definition) is 1. The number of hydrogen-bond acceptors (Lipinski definition) is 5. The number of nitrogen functional groups attached to an aromatic ring is 1. The van der Waals surface area contributed by atoms with Crippen LogP contribution >= 0.6 is 11.3 Å². The largest absolute Gasteiger partial charge is 0.375 e. The Morgan fingerprint density at radius 3 is 2.56 bits per heavy atom. The summed E-state index contributed by atoms with van der Waals surface area (Å²) >= 11 is 1.52. The van der Waals surface area contributed by atoms with Crippen molar-refractivity contribution in [1.29, 1.82) is 0 Å². The summed E-state index contributed by atoms with van der Waals surface area (Å²) in [5.74, 6) is 0. The molecule has 1 aliphatic heterocycles. The summed E-state index contributed by atoms with van der Waals surface area (Å²) in [4.78, 5) is 9.21. The van der Waals surface area contributed by atoms with Crippen LogP contribution in [-0.4, -0.2) is 47.0 Å². The third kappa shape index (κ3) is 2.53. The number of thiazole rings is 1. The van der Waals surface area contributed by atoms with E-state index in [1.165, 1.54) is 11.3 Å². The Hall–Kier alpha value is -0.650. The summed E-state index contributed by atoms with van der Waals surface area (Å²) in [6, 6.07) is 1.22. The molecule has 0 radical (unpaired) electrons. The maximum absolute atomic E-state index is 5.64. The van der Waals surface area contributed by atoms with Gasteiger partial charge in [-0.2, -0.15) is 0 Å². The maximum Gasteiger partial charge on any atom is 0.180 e. The van der Waals surface area contributed by atoms with Gasteiger partial charge in [-0.15, -0.1) is 11.3 Å². The van der Waals surface area contributed by atoms with E-state index in [9.17, 15) is 0 Å². The maximum atomic E-state index is 5.64. The molecule has 0 aliphatic carbocycles. The van der Waals surface area contributed by atoms with Gasteiger partial charge in [-0.05, 0) is 20.9 Å². The minimum atomic E-state index is 0.611. The molecule has 0 aromatic carbocycles. The van der Waals surface area contributed by atoms with Crippen LogP contribution in [0.2, 0.25) is 0 Å². The van der Waals surface area contributed by atoms with Gasteiger partial charge >= 0.3 is 0 Å². The summed E-state index contributed by atoms with van der Waals surface area (Å²) in [6.45, 7) is 7.70. The van der Waals surface area contributed by atoms with Gasteiger partial charge in [-0.3, -0.25) is 9.80 Å². The smallest absolute Gasteiger partial charge is 0.180 e. The average Bonchev–Trinajstić information content (AvgIpc) is 2.60. The van der Waals surface area contributed by atoms with Crippen molar-refractivity contribution in [3.05, 3.63) is 11.1 Å². The highest BCUT2D eigenvalue weighted by Crippen LogP contribution is 2.18. The van der Waals surface area contributed by atoms with E-state index in [-0.39, 0.29) is 0 Å². The molecule has 2 N–H and O–H groups in total. The van der Waals surface area contributed by atoms with Crippen LogP contribution in [0.25, 0.3) is 0 Å². The number of nitrogens with two attached hydrogens (primary N) is 1. The summed E-state index contributed by atoms with van der Waals surface area (Å²) in [5, 5.41) is 2.73. The summed E-state index contributed by atoms with van der Waals surface area (Å²) in [6.07, 6.45) is 0. The first kappa shape index (κ1) is 11.8. The predicted molar refractivity (Wildman–Crippen MR) is 68.5 cm³/mol. The van der Waals surface area contributed by atoms with Crippen molar-refractivity contribution >= 4 is 16.5 Å². The molecular weight excluding hydrogens is 220 g/mol. The topological polar surface area (TPSA) is 45.4 Å². The number of piperazine rings is 1. The van der Waals surface area contributed by atoms with Gasteiger partial charge in [-0.1, -0.05) is 0 Å². The van der Waals surface area contributed by atoms with Crippen LogP contribution in [0.5, 0.6) is 0 Å². The van der Waals surface area contributed by atoms with Crippen LogP contribution in [0.3, 0.4) is 0 Å². The Balaban J connectivity index is 1.96. The van der Waals surface area contributed by atoms with Gasteiger partial charge in [0.05, 0.1) is 5.69 Å². The lowest BCUT2D eigenvalue weighted by atomic mass is 10.1. The Bertz CT molecular complexity index is 340. The lowest BCUT2D eigenvalue weighted by Crippen LogP contribution is -2.54. The minimum Gasteiger partial charge on any atom is -0.375 e. The van der Waals surface area contributed by atoms with Gasteiger partial charge < -0.3 is 5.73 Å². The molecule has 5 heteroatoms. The summed E-state index contributed by atoms with van der Waals surface area (Å²) in [5.41, 5.74) is 6.74. The lowest BCUT2D eigenvalue weighted by molar-refractivity contribution is 0.0550. The van der Waals surface area contributed by atoms with Crippen molar-refractivity contribution in [3.8, 4) is 0 Å². The second-order valence-corrected chi connectivity index (χ2v) is 5.62. The first-order valence-electron chi connectivity index (χ1n) is 5.70. The molecule has 2 rings (SSSR count). The molecule has 4 nitrogen and oxygen atoms in total. The van der Waals surface area contributed by atoms with Crippen molar-refractivity contribution < 1.29 is 0 Å². The Morgan fingerprint density at radius 1 is 1.44 bits per heavy atom. The zero-order valence-electron chi connectivity index (χ0n) is 10.2. The Kier molecular flexibility index (Phi) is 3.47. The van der Waals surface area contributed by atoms with Crippen molar-refractivity contribution in [2.45, 2.75) is 32.5 Å². The van der Waals surface area contributed by atoms with E-state index in [0.29, 0.717) is 17.2 Å². The van der Waals surface area contributed by atoms with Crippen molar-refractivity contribution in [2.75, 3.05) is 25.9 Å². The summed E-state index contributed by atoms with van der Waals surface area (Å²) in [7, 11) is 2.20. The van der Waals surface area contributed by atoms with E-state index < -0.39 is 0 Å². The van der Waals surface area contributed by atoms with Gasteiger partial charge in [-0.25, -0.2) is 4.98 Å². The SMILES string of the molecule is CC1CN(Cc2csc(N)n2)CC(C)N1C. The molecule has 0 saturated carbocycles. The highest BCUT2D eigenvalue weighted by atomic mass is 32.1. The molecular formula is C11H20N4S. The van der Waals surface area contributed by atoms with E-state index in [1.54, 1.807) is 0 Å². The fourth-order valence-corrected chi connectivity index (χ4v) is 2.82. The van der Waals surface area contributed by atoms with Gasteiger partial charge in [0.15, 0.2) is 5.13 Å². The van der Waals surface area contributed by atoms with Gasteiger partial charge in [0.25, 0.3) is 0 Å². The molecule has 1 saturated heterocycles. The lowest BCUT2D eigenvalue weighted by Gasteiger charge is -2.42. The number of rotatable bonds is 2. The first-order chi connectivity index (χ1) is 7.56. The van der Waals surface area contributed by atoms with Gasteiger partial charge in [0.2, 0.25) is 0 Å². The monoisotopic (exact) mass is 240 g/mol. The second-order valence-electron chi connectivity index (χ2n) is 4.73. The second kappa shape index (κ2) is 4.69. The predicted octanol–water partition coefficient (Wildman–Crippen LogP) is 1.25. The highest BCUT2D eigenvalue weighted by Gasteiger charge is 2.26. The van der Waals surface area contributed by atoms with Gasteiger partial charge in [0, 0.05) is 37.1 Å². The van der Waals surface area contributed by atoms with E-state index in [0.717, 1.165) is 25.3 Å². The molecule has 0 bridgehead atoms. The van der Waals surface area contributed by atoms with Gasteiger partial charge in [0.1, 0.15) is 0 Å². The quantitative estimate of drug-likeness (QED) is 0.845. The average molecular weight is 240 g/mol. The number of anilines is 1. The van der Waals surface area contributed by atoms with Crippen molar-refractivity contribution in [1.82, 2.24) is 14.8 Å². The molecule has 1 aliphatic rings. The fourth-order valence-electron chi connectivity index (χ4n) is 2.27. The molecule has 1 aromatic heterocycles. The zero-order chi connectivity index (χ0) is 11.7. The van der Waals surface area contributed by atoms with Crippen LogP contribution in [0.4, 0.5) is 5.13 Å². The Labute approximate surface area is 101 Å².